The summed E-state index contributed by atoms with van der Waals surface area (Å²) in [4.78, 5) is 23.7. The standard InChI is InChI=1S/C14H13IO4/c1-8-9(5-4-6-11(8)15)7-10-12(16)18-14(2,3)19-13(10)17/h4-7H,1-3H3. The minimum absolute atomic E-state index is 0.0792. The number of halogens is 1. The number of hydrogen-bond donors (Lipinski definition) is 0. The fourth-order valence-electron chi connectivity index (χ4n) is 1.71. The van der Waals surface area contributed by atoms with Crippen LogP contribution in [-0.2, 0) is 19.1 Å². The summed E-state index contributed by atoms with van der Waals surface area (Å²) < 4.78 is 11.2. The van der Waals surface area contributed by atoms with Crippen molar-refractivity contribution in [2.45, 2.75) is 26.6 Å². The zero-order valence-electron chi connectivity index (χ0n) is 10.8. The molecule has 0 spiro atoms. The van der Waals surface area contributed by atoms with Gasteiger partial charge in [0.1, 0.15) is 5.57 Å². The maximum atomic E-state index is 11.8. The molecule has 4 nitrogen and oxygen atoms in total. The Morgan fingerprint density at radius 1 is 1.16 bits per heavy atom. The van der Waals surface area contributed by atoms with Gasteiger partial charge in [-0.1, -0.05) is 12.1 Å². The van der Waals surface area contributed by atoms with E-state index in [1.165, 1.54) is 19.9 Å². The molecule has 0 N–H and O–H groups in total. The molecule has 0 amide bonds. The maximum absolute atomic E-state index is 11.8. The molecule has 0 radical (unpaired) electrons. The molecule has 0 bridgehead atoms. The molecule has 0 aromatic heterocycles. The van der Waals surface area contributed by atoms with Crippen molar-refractivity contribution in [1.82, 2.24) is 0 Å². The van der Waals surface area contributed by atoms with Crippen molar-refractivity contribution in [1.29, 1.82) is 0 Å². The smallest absolute Gasteiger partial charge is 0.348 e. The molecular formula is C14H13IO4. The van der Waals surface area contributed by atoms with Crippen molar-refractivity contribution in [2.24, 2.45) is 0 Å². The quantitative estimate of drug-likeness (QED) is 0.329. The third kappa shape index (κ3) is 2.97. The lowest BCUT2D eigenvalue weighted by Crippen LogP contribution is -2.41. The highest BCUT2D eigenvalue weighted by Gasteiger charge is 2.38. The third-order valence-electron chi connectivity index (χ3n) is 2.73. The second-order valence-electron chi connectivity index (χ2n) is 4.69. The van der Waals surface area contributed by atoms with Crippen LogP contribution in [0.15, 0.2) is 23.8 Å². The van der Waals surface area contributed by atoms with Gasteiger partial charge in [-0.3, -0.25) is 0 Å². The van der Waals surface area contributed by atoms with E-state index in [9.17, 15) is 9.59 Å². The van der Waals surface area contributed by atoms with Gasteiger partial charge in [-0.05, 0) is 52.8 Å². The first kappa shape index (κ1) is 14.0. The molecule has 0 aliphatic carbocycles. The van der Waals surface area contributed by atoms with Crippen LogP contribution in [0, 0.1) is 10.5 Å². The molecule has 0 unspecified atom stereocenters. The summed E-state index contributed by atoms with van der Waals surface area (Å²) >= 11 is 2.20. The van der Waals surface area contributed by atoms with Crippen LogP contribution in [0.3, 0.4) is 0 Å². The molecule has 1 fully saturated rings. The summed E-state index contributed by atoms with van der Waals surface area (Å²) in [6.45, 7) is 4.98. The van der Waals surface area contributed by atoms with Crippen molar-refractivity contribution in [2.75, 3.05) is 0 Å². The highest BCUT2D eigenvalue weighted by molar-refractivity contribution is 14.1. The zero-order chi connectivity index (χ0) is 14.2. The number of carbonyl (C=O) groups is 2. The fourth-order valence-corrected chi connectivity index (χ4v) is 2.23. The van der Waals surface area contributed by atoms with Gasteiger partial charge < -0.3 is 9.47 Å². The minimum Gasteiger partial charge on any atom is -0.419 e. The Bertz CT molecular complexity index is 565. The van der Waals surface area contributed by atoms with Gasteiger partial charge in [-0.15, -0.1) is 0 Å². The van der Waals surface area contributed by atoms with Crippen LogP contribution in [0.2, 0.25) is 0 Å². The number of rotatable bonds is 1. The van der Waals surface area contributed by atoms with E-state index in [1.807, 2.05) is 25.1 Å². The molecule has 0 atom stereocenters. The summed E-state index contributed by atoms with van der Waals surface area (Å²) in [5.41, 5.74) is 1.72. The Morgan fingerprint density at radius 3 is 2.32 bits per heavy atom. The van der Waals surface area contributed by atoms with Gasteiger partial charge in [0.15, 0.2) is 0 Å². The Hall–Kier alpha value is -1.37. The summed E-state index contributed by atoms with van der Waals surface area (Å²) in [7, 11) is 0. The van der Waals surface area contributed by atoms with E-state index in [0.29, 0.717) is 0 Å². The molecule has 1 saturated heterocycles. The van der Waals surface area contributed by atoms with E-state index >= 15 is 0 Å². The summed E-state index contributed by atoms with van der Waals surface area (Å²) in [5, 5.41) is 0. The predicted octanol–water partition coefficient (Wildman–Crippen LogP) is 2.82. The lowest BCUT2D eigenvalue weighted by Gasteiger charge is -2.29. The summed E-state index contributed by atoms with van der Waals surface area (Å²) in [5.74, 6) is -2.51. The van der Waals surface area contributed by atoms with Gasteiger partial charge in [0.25, 0.3) is 5.79 Å². The molecule has 5 heteroatoms. The Morgan fingerprint density at radius 2 is 1.74 bits per heavy atom. The minimum atomic E-state index is -1.20. The number of cyclic esters (lactones) is 2. The van der Waals surface area contributed by atoms with Crippen molar-refractivity contribution < 1.29 is 19.1 Å². The number of hydrogen-bond acceptors (Lipinski definition) is 4. The van der Waals surface area contributed by atoms with Crippen LogP contribution in [0.1, 0.15) is 25.0 Å². The van der Waals surface area contributed by atoms with Crippen LogP contribution in [0.5, 0.6) is 0 Å². The largest absolute Gasteiger partial charge is 0.419 e. The van der Waals surface area contributed by atoms with E-state index in [0.717, 1.165) is 14.7 Å². The van der Waals surface area contributed by atoms with Crippen molar-refractivity contribution >= 4 is 40.6 Å². The number of carbonyl (C=O) groups excluding carboxylic acids is 2. The number of benzene rings is 1. The molecule has 1 aliphatic heterocycles. The average molecular weight is 372 g/mol. The molecular weight excluding hydrogens is 359 g/mol. The van der Waals surface area contributed by atoms with Crippen molar-refractivity contribution in [3.05, 3.63) is 38.5 Å². The van der Waals surface area contributed by atoms with Crippen molar-refractivity contribution in [3.8, 4) is 0 Å². The zero-order valence-corrected chi connectivity index (χ0v) is 13.0. The van der Waals surface area contributed by atoms with Crippen LogP contribution >= 0.6 is 22.6 Å². The molecule has 1 aromatic carbocycles. The topological polar surface area (TPSA) is 52.6 Å². The number of ether oxygens (including phenoxy) is 2. The van der Waals surface area contributed by atoms with Gasteiger partial charge in [0, 0.05) is 17.4 Å². The van der Waals surface area contributed by atoms with Gasteiger partial charge in [0.05, 0.1) is 0 Å². The Kier molecular flexibility index (Phi) is 3.66. The highest BCUT2D eigenvalue weighted by atomic mass is 127. The summed E-state index contributed by atoms with van der Waals surface area (Å²) in [6.07, 6.45) is 1.51. The molecule has 100 valence electrons. The van der Waals surface area contributed by atoms with Crippen LogP contribution in [0.25, 0.3) is 6.08 Å². The molecule has 2 rings (SSSR count). The average Bonchev–Trinajstić information content (AvgIpc) is 2.27. The summed E-state index contributed by atoms with van der Waals surface area (Å²) in [6, 6.07) is 5.66. The molecule has 1 aliphatic rings. The SMILES string of the molecule is Cc1c(I)cccc1C=C1C(=O)OC(C)(C)OC1=O. The highest BCUT2D eigenvalue weighted by Crippen LogP contribution is 2.25. The van der Waals surface area contributed by atoms with Crippen molar-refractivity contribution in [3.63, 3.8) is 0 Å². The Labute approximate surface area is 124 Å². The molecule has 19 heavy (non-hydrogen) atoms. The molecule has 1 heterocycles. The predicted molar refractivity (Wildman–Crippen MR) is 78.1 cm³/mol. The molecule has 1 aromatic rings. The van der Waals surface area contributed by atoms with Crippen LogP contribution < -0.4 is 0 Å². The van der Waals surface area contributed by atoms with E-state index in [4.69, 9.17) is 9.47 Å². The van der Waals surface area contributed by atoms with Gasteiger partial charge in [0.2, 0.25) is 0 Å². The lowest BCUT2D eigenvalue weighted by molar-refractivity contribution is -0.222. The van der Waals surface area contributed by atoms with Gasteiger partial charge in [-0.25, -0.2) is 9.59 Å². The van der Waals surface area contributed by atoms with Gasteiger partial charge >= 0.3 is 11.9 Å². The van der Waals surface area contributed by atoms with E-state index in [1.54, 1.807) is 0 Å². The van der Waals surface area contributed by atoms with E-state index in [2.05, 4.69) is 22.6 Å². The normalized spacial score (nSPS) is 17.8. The monoisotopic (exact) mass is 372 g/mol. The third-order valence-corrected chi connectivity index (χ3v) is 3.89. The lowest BCUT2D eigenvalue weighted by atomic mass is 10.1. The maximum Gasteiger partial charge on any atom is 0.348 e. The van der Waals surface area contributed by atoms with E-state index in [-0.39, 0.29) is 5.57 Å². The first-order chi connectivity index (χ1) is 8.80. The van der Waals surface area contributed by atoms with E-state index < -0.39 is 17.7 Å². The van der Waals surface area contributed by atoms with Gasteiger partial charge in [-0.2, -0.15) is 0 Å². The van der Waals surface area contributed by atoms with Crippen LogP contribution in [0.4, 0.5) is 0 Å². The molecule has 0 saturated carbocycles. The number of esters is 2. The second kappa shape index (κ2) is 4.96. The first-order valence-electron chi connectivity index (χ1n) is 5.74. The fraction of sp³-hybridized carbons (Fsp3) is 0.286. The Balaban J connectivity index is 2.41. The second-order valence-corrected chi connectivity index (χ2v) is 5.85. The first-order valence-corrected chi connectivity index (χ1v) is 6.81. The van der Waals surface area contributed by atoms with Crippen LogP contribution in [-0.4, -0.2) is 17.7 Å².